The molecule has 1 aromatic heterocycles. The van der Waals surface area contributed by atoms with Crippen LogP contribution in [-0.4, -0.2) is 18.1 Å². The Morgan fingerprint density at radius 1 is 1.22 bits per heavy atom. The fraction of sp³-hybridized carbons (Fsp3) is 0.238. The molecular formula is C21H21NO5. The molecule has 6 heteroatoms. The molecule has 0 spiro atoms. The first-order chi connectivity index (χ1) is 12.9. The number of rotatable bonds is 5. The second-order valence-corrected chi connectivity index (χ2v) is 6.32. The first-order valence-corrected chi connectivity index (χ1v) is 8.69. The molecule has 0 radical (unpaired) electrons. The molecular weight excluding hydrogens is 346 g/mol. The van der Waals surface area contributed by atoms with Gasteiger partial charge in [-0.25, -0.2) is 4.79 Å². The van der Waals surface area contributed by atoms with Crippen molar-refractivity contribution in [3.8, 4) is 11.5 Å². The standard InChI is InChI=1S/C21H21NO5/c1-4-5-15-18(26-3)9-6-13-11-16(21(25)27-19(13)15)20(24)22-17-8-7-14(23)10-12(17)2/h6-11,23H,4-5H2,1-3H3,(H,22,24). The molecule has 0 aliphatic rings. The number of benzene rings is 2. The lowest BCUT2D eigenvalue weighted by molar-refractivity contribution is 0.102. The Morgan fingerprint density at radius 3 is 2.67 bits per heavy atom. The van der Waals surface area contributed by atoms with Crippen molar-refractivity contribution in [3.05, 3.63) is 63.5 Å². The van der Waals surface area contributed by atoms with E-state index in [4.69, 9.17) is 9.15 Å². The number of phenolic OH excluding ortho intramolecular Hbond substituents is 1. The van der Waals surface area contributed by atoms with Gasteiger partial charge in [0.05, 0.1) is 7.11 Å². The lowest BCUT2D eigenvalue weighted by atomic mass is 10.0. The van der Waals surface area contributed by atoms with Gasteiger partial charge in [-0.3, -0.25) is 4.79 Å². The number of ether oxygens (including phenoxy) is 1. The van der Waals surface area contributed by atoms with Gasteiger partial charge in [0.1, 0.15) is 22.6 Å². The Balaban J connectivity index is 2.03. The minimum Gasteiger partial charge on any atom is -0.508 e. The first-order valence-electron chi connectivity index (χ1n) is 8.69. The minimum absolute atomic E-state index is 0.0809. The molecule has 0 saturated carbocycles. The second kappa shape index (κ2) is 7.53. The fourth-order valence-electron chi connectivity index (χ4n) is 3.04. The Labute approximate surface area is 156 Å². The summed E-state index contributed by atoms with van der Waals surface area (Å²) in [4.78, 5) is 25.0. The van der Waals surface area contributed by atoms with Gasteiger partial charge in [-0.05, 0) is 55.3 Å². The van der Waals surface area contributed by atoms with E-state index in [9.17, 15) is 14.7 Å². The van der Waals surface area contributed by atoms with Crippen molar-refractivity contribution in [2.75, 3.05) is 12.4 Å². The number of amides is 1. The van der Waals surface area contributed by atoms with Gasteiger partial charge in [-0.1, -0.05) is 13.3 Å². The molecule has 2 aromatic carbocycles. The zero-order valence-corrected chi connectivity index (χ0v) is 15.5. The SMILES string of the molecule is CCCc1c(OC)ccc2cc(C(=O)Nc3ccc(O)cc3C)c(=O)oc12. The van der Waals surface area contributed by atoms with Crippen molar-refractivity contribution >= 4 is 22.6 Å². The molecule has 2 N–H and O–H groups in total. The number of aryl methyl sites for hydroxylation is 2. The highest BCUT2D eigenvalue weighted by Crippen LogP contribution is 2.29. The van der Waals surface area contributed by atoms with Gasteiger partial charge in [0.15, 0.2) is 0 Å². The van der Waals surface area contributed by atoms with Crippen LogP contribution >= 0.6 is 0 Å². The lowest BCUT2D eigenvalue weighted by Gasteiger charge is -2.11. The Hall–Kier alpha value is -3.28. The zero-order valence-electron chi connectivity index (χ0n) is 15.5. The van der Waals surface area contributed by atoms with E-state index in [0.29, 0.717) is 34.4 Å². The van der Waals surface area contributed by atoms with Crippen LogP contribution in [0, 0.1) is 6.92 Å². The van der Waals surface area contributed by atoms with Crippen LogP contribution < -0.4 is 15.7 Å². The number of hydrogen-bond donors (Lipinski definition) is 2. The molecule has 0 saturated heterocycles. The molecule has 6 nitrogen and oxygen atoms in total. The highest BCUT2D eigenvalue weighted by atomic mass is 16.5. The number of carbonyl (C=O) groups excluding carboxylic acids is 1. The molecule has 0 aliphatic heterocycles. The largest absolute Gasteiger partial charge is 0.508 e. The monoisotopic (exact) mass is 367 g/mol. The number of nitrogens with one attached hydrogen (secondary N) is 1. The number of aromatic hydroxyl groups is 1. The molecule has 3 aromatic rings. The fourth-order valence-corrected chi connectivity index (χ4v) is 3.04. The summed E-state index contributed by atoms with van der Waals surface area (Å²) in [5, 5.41) is 12.8. The van der Waals surface area contributed by atoms with Crippen molar-refractivity contribution < 1.29 is 19.1 Å². The van der Waals surface area contributed by atoms with Crippen molar-refractivity contribution in [2.45, 2.75) is 26.7 Å². The van der Waals surface area contributed by atoms with Crippen molar-refractivity contribution in [2.24, 2.45) is 0 Å². The third-order valence-corrected chi connectivity index (χ3v) is 4.39. The predicted octanol–water partition coefficient (Wildman–Crippen LogP) is 4.02. The molecule has 0 atom stereocenters. The second-order valence-electron chi connectivity index (χ2n) is 6.32. The van der Waals surface area contributed by atoms with Gasteiger partial charge in [0.2, 0.25) is 0 Å². The van der Waals surface area contributed by atoms with Crippen LogP contribution in [-0.2, 0) is 6.42 Å². The van der Waals surface area contributed by atoms with Gasteiger partial charge >= 0.3 is 5.63 Å². The Bertz CT molecular complexity index is 1070. The molecule has 0 unspecified atom stereocenters. The van der Waals surface area contributed by atoms with E-state index >= 15 is 0 Å². The van der Waals surface area contributed by atoms with Crippen LogP contribution in [0.1, 0.15) is 34.8 Å². The number of fused-ring (bicyclic) bond motifs is 1. The van der Waals surface area contributed by atoms with E-state index in [1.54, 1.807) is 32.2 Å². The summed E-state index contributed by atoms with van der Waals surface area (Å²) >= 11 is 0. The van der Waals surface area contributed by atoms with Crippen LogP contribution in [0.3, 0.4) is 0 Å². The number of methoxy groups -OCH3 is 1. The molecule has 1 heterocycles. The normalized spacial score (nSPS) is 10.8. The average Bonchev–Trinajstić information content (AvgIpc) is 2.64. The third kappa shape index (κ3) is 3.65. The maximum absolute atomic E-state index is 12.6. The van der Waals surface area contributed by atoms with Gasteiger partial charge in [0, 0.05) is 16.6 Å². The molecule has 0 fully saturated rings. The minimum atomic E-state index is -0.706. The molecule has 0 bridgehead atoms. The smallest absolute Gasteiger partial charge is 0.349 e. The van der Waals surface area contributed by atoms with Crippen LogP contribution in [0.25, 0.3) is 11.0 Å². The Morgan fingerprint density at radius 2 is 2.00 bits per heavy atom. The van der Waals surface area contributed by atoms with Crippen LogP contribution in [0.4, 0.5) is 5.69 Å². The summed E-state index contributed by atoms with van der Waals surface area (Å²) in [6.45, 7) is 3.78. The predicted molar refractivity (Wildman–Crippen MR) is 104 cm³/mol. The van der Waals surface area contributed by atoms with Crippen LogP contribution in [0.15, 0.2) is 45.6 Å². The molecule has 3 rings (SSSR count). The summed E-state index contributed by atoms with van der Waals surface area (Å²) in [7, 11) is 1.57. The van der Waals surface area contributed by atoms with Crippen molar-refractivity contribution in [1.29, 1.82) is 0 Å². The van der Waals surface area contributed by atoms with Crippen LogP contribution in [0.5, 0.6) is 11.5 Å². The van der Waals surface area contributed by atoms with E-state index in [-0.39, 0.29) is 11.3 Å². The number of carbonyl (C=O) groups is 1. The van der Waals surface area contributed by atoms with E-state index < -0.39 is 11.5 Å². The van der Waals surface area contributed by atoms with Crippen LogP contribution in [0.2, 0.25) is 0 Å². The summed E-state index contributed by atoms with van der Waals surface area (Å²) in [5.74, 6) is 0.199. The summed E-state index contributed by atoms with van der Waals surface area (Å²) < 4.78 is 10.9. The van der Waals surface area contributed by atoms with Crippen molar-refractivity contribution in [3.63, 3.8) is 0 Å². The van der Waals surface area contributed by atoms with E-state index in [0.717, 1.165) is 12.0 Å². The van der Waals surface area contributed by atoms with E-state index in [1.807, 2.05) is 6.92 Å². The number of hydrogen-bond acceptors (Lipinski definition) is 5. The molecule has 140 valence electrons. The average molecular weight is 367 g/mol. The summed E-state index contributed by atoms with van der Waals surface area (Å²) in [6.07, 6.45) is 1.56. The van der Waals surface area contributed by atoms with Gasteiger partial charge < -0.3 is 19.6 Å². The first kappa shape index (κ1) is 18.5. The molecule has 0 aliphatic carbocycles. The van der Waals surface area contributed by atoms with Gasteiger partial charge in [-0.15, -0.1) is 0 Å². The maximum Gasteiger partial charge on any atom is 0.349 e. The topological polar surface area (TPSA) is 88.8 Å². The van der Waals surface area contributed by atoms with E-state index in [1.165, 1.54) is 18.2 Å². The molecule has 1 amide bonds. The number of anilines is 1. The van der Waals surface area contributed by atoms with E-state index in [2.05, 4.69) is 5.32 Å². The number of phenols is 1. The van der Waals surface area contributed by atoms with Gasteiger partial charge in [-0.2, -0.15) is 0 Å². The summed E-state index contributed by atoms with van der Waals surface area (Å²) in [6, 6.07) is 9.68. The lowest BCUT2D eigenvalue weighted by Crippen LogP contribution is -2.21. The third-order valence-electron chi connectivity index (χ3n) is 4.39. The summed E-state index contributed by atoms with van der Waals surface area (Å²) in [5.41, 5.74) is 1.67. The zero-order chi connectivity index (χ0) is 19.6. The highest BCUT2D eigenvalue weighted by molar-refractivity contribution is 6.06. The molecule has 27 heavy (non-hydrogen) atoms. The maximum atomic E-state index is 12.6. The Kier molecular flexibility index (Phi) is 5.16. The van der Waals surface area contributed by atoms with Gasteiger partial charge in [0.25, 0.3) is 5.91 Å². The quantitative estimate of drug-likeness (QED) is 0.525. The van der Waals surface area contributed by atoms with Crippen molar-refractivity contribution in [1.82, 2.24) is 0 Å². The highest BCUT2D eigenvalue weighted by Gasteiger charge is 2.18.